The van der Waals surface area contributed by atoms with Crippen molar-refractivity contribution in [2.24, 2.45) is 5.92 Å². The second-order valence-electron chi connectivity index (χ2n) is 6.91. The third-order valence-electron chi connectivity index (χ3n) is 4.07. The van der Waals surface area contributed by atoms with Gasteiger partial charge in [0.05, 0.1) is 12.0 Å². The van der Waals surface area contributed by atoms with E-state index in [9.17, 15) is 4.79 Å². The molecule has 0 aromatic heterocycles. The van der Waals surface area contributed by atoms with Crippen LogP contribution in [0.2, 0.25) is 0 Å². The SMILES string of the molecule is CC(C)CCOCCOC(=O)C(C)(C)c1ccc2c(c1)OCCO2. The number of hydrogen-bond donors (Lipinski definition) is 0. The fraction of sp³-hybridized carbons (Fsp3) is 0.632. The van der Waals surface area contributed by atoms with E-state index in [0.29, 0.717) is 43.8 Å². The largest absolute Gasteiger partial charge is 0.486 e. The van der Waals surface area contributed by atoms with E-state index in [1.807, 2.05) is 32.0 Å². The van der Waals surface area contributed by atoms with Gasteiger partial charge in [0.25, 0.3) is 0 Å². The van der Waals surface area contributed by atoms with E-state index in [1.54, 1.807) is 0 Å². The average molecular weight is 336 g/mol. The number of esters is 1. The highest BCUT2D eigenvalue weighted by atomic mass is 16.6. The number of carbonyl (C=O) groups is 1. The molecule has 0 bridgehead atoms. The summed E-state index contributed by atoms with van der Waals surface area (Å²) in [5.41, 5.74) is 0.0887. The van der Waals surface area contributed by atoms with Crippen LogP contribution in [0.5, 0.6) is 11.5 Å². The molecule has 0 saturated carbocycles. The molecule has 0 unspecified atom stereocenters. The Hall–Kier alpha value is -1.75. The summed E-state index contributed by atoms with van der Waals surface area (Å²) in [7, 11) is 0. The lowest BCUT2D eigenvalue weighted by atomic mass is 9.84. The van der Waals surface area contributed by atoms with Crippen LogP contribution in [0.1, 0.15) is 39.7 Å². The van der Waals surface area contributed by atoms with Crippen molar-refractivity contribution in [1.29, 1.82) is 0 Å². The fourth-order valence-corrected chi connectivity index (χ4v) is 2.34. The maximum Gasteiger partial charge on any atom is 0.316 e. The van der Waals surface area contributed by atoms with Crippen molar-refractivity contribution >= 4 is 5.97 Å². The van der Waals surface area contributed by atoms with E-state index < -0.39 is 5.41 Å². The van der Waals surface area contributed by atoms with Crippen LogP contribution < -0.4 is 9.47 Å². The number of fused-ring (bicyclic) bond motifs is 1. The number of ether oxygens (including phenoxy) is 4. The summed E-state index contributed by atoms with van der Waals surface area (Å²) in [6.07, 6.45) is 1.01. The first kappa shape index (κ1) is 18.6. The lowest BCUT2D eigenvalue weighted by Crippen LogP contribution is -2.32. The first-order valence-electron chi connectivity index (χ1n) is 8.56. The van der Waals surface area contributed by atoms with Crippen LogP contribution in [0.15, 0.2) is 18.2 Å². The predicted molar refractivity (Wildman–Crippen MR) is 91.7 cm³/mol. The molecule has 0 amide bonds. The molecule has 1 aliphatic rings. The quantitative estimate of drug-likeness (QED) is 0.538. The molecular formula is C19H28O5. The van der Waals surface area contributed by atoms with Gasteiger partial charge in [-0.25, -0.2) is 0 Å². The molecule has 1 aromatic rings. The molecule has 0 fully saturated rings. The van der Waals surface area contributed by atoms with Crippen LogP contribution >= 0.6 is 0 Å². The zero-order valence-corrected chi connectivity index (χ0v) is 15.1. The van der Waals surface area contributed by atoms with Crippen LogP contribution in [-0.2, 0) is 19.7 Å². The van der Waals surface area contributed by atoms with E-state index in [0.717, 1.165) is 12.0 Å². The number of benzene rings is 1. The molecule has 0 aliphatic carbocycles. The third-order valence-corrected chi connectivity index (χ3v) is 4.07. The Bertz CT molecular complexity index is 551. The molecule has 2 rings (SSSR count). The Morgan fingerprint density at radius 2 is 1.83 bits per heavy atom. The van der Waals surface area contributed by atoms with Crippen molar-refractivity contribution in [3.63, 3.8) is 0 Å². The second kappa shape index (κ2) is 8.38. The van der Waals surface area contributed by atoms with Crippen molar-refractivity contribution in [1.82, 2.24) is 0 Å². The summed E-state index contributed by atoms with van der Waals surface area (Å²) in [5.74, 6) is 1.73. The van der Waals surface area contributed by atoms with Gasteiger partial charge in [-0.2, -0.15) is 0 Å². The van der Waals surface area contributed by atoms with Gasteiger partial charge in [0.15, 0.2) is 11.5 Å². The van der Waals surface area contributed by atoms with Gasteiger partial charge in [0.2, 0.25) is 0 Å². The van der Waals surface area contributed by atoms with Crippen molar-refractivity contribution in [2.45, 2.75) is 39.5 Å². The Morgan fingerprint density at radius 3 is 2.54 bits per heavy atom. The van der Waals surface area contributed by atoms with Gasteiger partial charge in [0.1, 0.15) is 19.8 Å². The van der Waals surface area contributed by atoms with Gasteiger partial charge >= 0.3 is 5.97 Å². The highest BCUT2D eigenvalue weighted by Gasteiger charge is 2.32. The zero-order valence-electron chi connectivity index (χ0n) is 15.1. The number of rotatable bonds is 8. The molecule has 0 radical (unpaired) electrons. The van der Waals surface area contributed by atoms with Gasteiger partial charge in [-0.3, -0.25) is 4.79 Å². The Morgan fingerprint density at radius 1 is 1.12 bits per heavy atom. The molecule has 1 aromatic carbocycles. The summed E-state index contributed by atoms with van der Waals surface area (Å²) in [6, 6.07) is 5.58. The monoisotopic (exact) mass is 336 g/mol. The van der Waals surface area contributed by atoms with Crippen LogP contribution in [0.4, 0.5) is 0 Å². The average Bonchev–Trinajstić information content (AvgIpc) is 2.57. The van der Waals surface area contributed by atoms with Crippen molar-refractivity contribution in [2.75, 3.05) is 33.0 Å². The van der Waals surface area contributed by atoms with Gasteiger partial charge in [0, 0.05) is 6.61 Å². The molecule has 5 nitrogen and oxygen atoms in total. The van der Waals surface area contributed by atoms with Crippen molar-refractivity contribution < 1.29 is 23.7 Å². The van der Waals surface area contributed by atoms with E-state index in [1.165, 1.54) is 0 Å². The smallest absolute Gasteiger partial charge is 0.316 e. The van der Waals surface area contributed by atoms with Gasteiger partial charge in [-0.15, -0.1) is 0 Å². The number of carbonyl (C=O) groups excluding carboxylic acids is 1. The molecule has 0 saturated heterocycles. The molecule has 5 heteroatoms. The summed E-state index contributed by atoms with van der Waals surface area (Å²) >= 11 is 0. The lowest BCUT2D eigenvalue weighted by Gasteiger charge is -2.25. The summed E-state index contributed by atoms with van der Waals surface area (Å²) < 4.78 is 21.9. The lowest BCUT2D eigenvalue weighted by molar-refractivity contribution is -0.151. The minimum atomic E-state index is -0.756. The van der Waals surface area contributed by atoms with Gasteiger partial charge < -0.3 is 18.9 Å². The molecule has 0 atom stereocenters. The van der Waals surface area contributed by atoms with Crippen LogP contribution in [0.3, 0.4) is 0 Å². The van der Waals surface area contributed by atoms with Gasteiger partial charge in [-0.1, -0.05) is 19.9 Å². The molecular weight excluding hydrogens is 308 g/mol. The van der Waals surface area contributed by atoms with E-state index >= 15 is 0 Å². The van der Waals surface area contributed by atoms with Crippen LogP contribution in [0, 0.1) is 5.92 Å². The Labute approximate surface area is 144 Å². The van der Waals surface area contributed by atoms with E-state index in [4.69, 9.17) is 18.9 Å². The second-order valence-corrected chi connectivity index (χ2v) is 6.91. The van der Waals surface area contributed by atoms with E-state index in [-0.39, 0.29) is 12.6 Å². The number of hydrogen-bond acceptors (Lipinski definition) is 5. The standard InChI is InChI=1S/C19H28O5/c1-14(2)7-8-21-9-10-24-18(20)19(3,4)15-5-6-16-17(13-15)23-12-11-22-16/h5-6,13-14H,7-12H2,1-4H3. The van der Waals surface area contributed by atoms with Gasteiger partial charge in [-0.05, 0) is 43.9 Å². The summed E-state index contributed by atoms with van der Waals surface area (Å²) in [5, 5.41) is 0. The predicted octanol–water partition coefficient (Wildman–Crippen LogP) is 3.34. The van der Waals surface area contributed by atoms with Crippen molar-refractivity contribution in [3.8, 4) is 11.5 Å². The first-order chi connectivity index (χ1) is 11.4. The minimum absolute atomic E-state index is 0.269. The zero-order chi connectivity index (χ0) is 17.6. The molecule has 1 aliphatic heterocycles. The highest BCUT2D eigenvalue weighted by molar-refractivity contribution is 5.82. The fourth-order valence-electron chi connectivity index (χ4n) is 2.34. The van der Waals surface area contributed by atoms with Crippen molar-refractivity contribution in [3.05, 3.63) is 23.8 Å². The molecule has 0 spiro atoms. The Balaban J connectivity index is 1.86. The maximum absolute atomic E-state index is 12.4. The molecule has 134 valence electrons. The Kier molecular flexibility index (Phi) is 6.49. The highest BCUT2D eigenvalue weighted by Crippen LogP contribution is 2.35. The molecule has 24 heavy (non-hydrogen) atoms. The summed E-state index contributed by atoms with van der Waals surface area (Å²) in [4.78, 5) is 12.4. The summed E-state index contributed by atoms with van der Waals surface area (Å²) in [6.45, 7) is 10.5. The normalized spacial score (nSPS) is 13.9. The van der Waals surface area contributed by atoms with Crippen LogP contribution in [0.25, 0.3) is 0 Å². The molecule has 0 N–H and O–H groups in total. The topological polar surface area (TPSA) is 54.0 Å². The first-order valence-corrected chi connectivity index (χ1v) is 8.56. The maximum atomic E-state index is 12.4. The van der Waals surface area contributed by atoms with Crippen LogP contribution in [-0.4, -0.2) is 39.0 Å². The third kappa shape index (κ3) is 4.87. The van der Waals surface area contributed by atoms with E-state index in [2.05, 4.69) is 13.8 Å². The molecule has 1 heterocycles. The minimum Gasteiger partial charge on any atom is -0.486 e.